The Kier molecular flexibility index (Phi) is 5.09. The van der Waals surface area contributed by atoms with Crippen molar-refractivity contribution in [1.29, 1.82) is 0 Å². The van der Waals surface area contributed by atoms with Gasteiger partial charge in [0.2, 0.25) is 0 Å². The van der Waals surface area contributed by atoms with Crippen LogP contribution in [0.25, 0.3) is 33.2 Å². The van der Waals surface area contributed by atoms with E-state index in [2.05, 4.69) is 112 Å². The smallest absolute Gasteiger partial charge is 0.135 e. The van der Waals surface area contributed by atoms with Crippen LogP contribution in [-0.4, -0.2) is 4.98 Å². The fourth-order valence-corrected chi connectivity index (χ4v) is 4.30. The topological polar surface area (TPSA) is 26.0 Å². The van der Waals surface area contributed by atoms with Gasteiger partial charge in [-0.1, -0.05) is 64.1 Å². The lowest BCUT2D eigenvalue weighted by Gasteiger charge is -2.27. The molecule has 0 fully saturated rings. The molecule has 32 heavy (non-hydrogen) atoms. The van der Waals surface area contributed by atoms with Crippen molar-refractivity contribution in [3.05, 3.63) is 102 Å². The second-order valence-electron chi connectivity index (χ2n) is 9.87. The molecular weight excluding hydrogens is 390 g/mol. The van der Waals surface area contributed by atoms with Crippen molar-refractivity contribution in [3.63, 3.8) is 0 Å². The zero-order chi connectivity index (χ0) is 22.3. The van der Waals surface area contributed by atoms with Crippen LogP contribution >= 0.6 is 0 Å². The molecule has 0 bridgehead atoms. The molecule has 0 aliphatic carbocycles. The van der Waals surface area contributed by atoms with E-state index in [9.17, 15) is 0 Å². The third kappa shape index (κ3) is 3.93. The Morgan fingerprint density at radius 1 is 0.781 bits per heavy atom. The molecule has 5 aromatic rings. The number of hydrogen-bond donors (Lipinski definition) is 0. The summed E-state index contributed by atoms with van der Waals surface area (Å²) in [5, 5.41) is 2.30. The Labute approximate surface area is 189 Å². The minimum Gasteiger partial charge on any atom is -0.456 e. The fourth-order valence-electron chi connectivity index (χ4n) is 4.30. The predicted octanol–water partition coefficient (Wildman–Crippen LogP) is 8.39. The minimum absolute atomic E-state index is 0.207. The van der Waals surface area contributed by atoms with Crippen LogP contribution in [0.5, 0.6) is 0 Å². The summed E-state index contributed by atoms with van der Waals surface area (Å²) < 4.78 is 6.13. The first-order chi connectivity index (χ1) is 15.4. The predicted molar refractivity (Wildman–Crippen MR) is 134 cm³/mol. The summed E-state index contributed by atoms with van der Waals surface area (Å²) in [4.78, 5) is 4.69. The number of rotatable bonds is 4. The van der Waals surface area contributed by atoms with E-state index in [-0.39, 0.29) is 5.41 Å². The number of nitrogens with zero attached hydrogens (tertiary/aromatic N) is 1. The Morgan fingerprint density at radius 2 is 1.50 bits per heavy atom. The van der Waals surface area contributed by atoms with Gasteiger partial charge in [-0.15, -0.1) is 0 Å². The van der Waals surface area contributed by atoms with E-state index in [4.69, 9.17) is 4.42 Å². The molecule has 0 spiro atoms. The zero-order valence-electron chi connectivity index (χ0n) is 19.2. The zero-order valence-corrected chi connectivity index (χ0v) is 19.2. The van der Waals surface area contributed by atoms with Crippen LogP contribution in [0.2, 0.25) is 0 Å². The Hall–Kier alpha value is -3.39. The van der Waals surface area contributed by atoms with Crippen LogP contribution in [0.4, 0.5) is 0 Å². The van der Waals surface area contributed by atoms with E-state index in [1.165, 1.54) is 16.7 Å². The molecular formula is C30H29NO. The lowest BCUT2D eigenvalue weighted by molar-refractivity contribution is 0.339. The van der Waals surface area contributed by atoms with Crippen LogP contribution < -0.4 is 0 Å². The summed E-state index contributed by atoms with van der Waals surface area (Å²) in [5.41, 5.74) is 8.11. The maximum Gasteiger partial charge on any atom is 0.135 e. The second kappa shape index (κ2) is 7.94. The molecule has 0 saturated carbocycles. The van der Waals surface area contributed by atoms with Crippen LogP contribution in [0.3, 0.4) is 0 Å². The average Bonchev–Trinajstić information content (AvgIpc) is 3.16. The van der Waals surface area contributed by atoms with Gasteiger partial charge in [0.05, 0.1) is 5.69 Å². The van der Waals surface area contributed by atoms with E-state index in [1.54, 1.807) is 0 Å². The fraction of sp³-hybridized carbons (Fsp3) is 0.233. The Balaban J connectivity index is 1.56. The molecule has 0 amide bonds. The second-order valence-corrected chi connectivity index (χ2v) is 9.87. The number of benzene rings is 3. The molecule has 0 aliphatic heterocycles. The third-order valence-electron chi connectivity index (χ3n) is 6.66. The molecule has 0 saturated heterocycles. The Bertz CT molecular complexity index is 1390. The van der Waals surface area contributed by atoms with Crippen LogP contribution in [0, 0.1) is 5.41 Å². The maximum atomic E-state index is 6.13. The van der Waals surface area contributed by atoms with Crippen LogP contribution in [-0.2, 0) is 6.42 Å². The summed E-state index contributed by atoms with van der Waals surface area (Å²) in [5.74, 6) is 0.447. The molecule has 5 rings (SSSR count). The van der Waals surface area contributed by atoms with Crippen molar-refractivity contribution in [2.75, 3.05) is 0 Å². The summed E-state index contributed by atoms with van der Waals surface area (Å²) in [6, 6.07) is 27.9. The molecule has 2 heteroatoms. The normalized spacial score (nSPS) is 13.0. The van der Waals surface area contributed by atoms with Crippen molar-refractivity contribution >= 4 is 21.9 Å². The van der Waals surface area contributed by atoms with E-state index >= 15 is 0 Å². The first-order valence-electron chi connectivity index (χ1n) is 11.3. The van der Waals surface area contributed by atoms with Crippen LogP contribution in [0.15, 0.2) is 89.5 Å². The highest BCUT2D eigenvalue weighted by molar-refractivity contribution is 6.06. The summed E-state index contributed by atoms with van der Waals surface area (Å²) in [6.45, 7) is 9.15. The van der Waals surface area contributed by atoms with E-state index in [0.29, 0.717) is 5.92 Å². The van der Waals surface area contributed by atoms with Gasteiger partial charge >= 0.3 is 0 Å². The average molecular weight is 420 g/mol. The highest BCUT2D eigenvalue weighted by Gasteiger charge is 2.22. The number of furan rings is 1. The summed E-state index contributed by atoms with van der Waals surface area (Å²) >= 11 is 0. The van der Waals surface area contributed by atoms with Crippen molar-refractivity contribution < 1.29 is 4.42 Å². The van der Waals surface area contributed by atoms with Crippen molar-refractivity contribution in [1.82, 2.24) is 4.98 Å². The molecule has 0 radical (unpaired) electrons. The SMILES string of the molecule is CC(c1ccnc(-c2ccc3oc4ccc(Cc5ccccc5)cc4c3c2)c1)C(C)(C)C. The van der Waals surface area contributed by atoms with Gasteiger partial charge in [-0.2, -0.15) is 0 Å². The highest BCUT2D eigenvalue weighted by Crippen LogP contribution is 2.37. The van der Waals surface area contributed by atoms with Crippen LogP contribution in [0.1, 0.15) is 50.3 Å². The number of hydrogen-bond acceptors (Lipinski definition) is 2. The molecule has 3 aromatic carbocycles. The highest BCUT2D eigenvalue weighted by atomic mass is 16.3. The van der Waals surface area contributed by atoms with Gasteiger partial charge in [0.25, 0.3) is 0 Å². The van der Waals surface area contributed by atoms with E-state index < -0.39 is 0 Å². The van der Waals surface area contributed by atoms with Gasteiger partial charge in [0, 0.05) is 22.5 Å². The standard InChI is InChI=1S/C30H29NO/c1-20(30(2,3)4)23-14-15-31-27(19-23)24-11-13-29-26(18-24)25-17-22(10-12-28(25)32-29)16-21-8-6-5-7-9-21/h5-15,17-20H,16H2,1-4H3. The molecule has 1 atom stereocenters. The lowest BCUT2D eigenvalue weighted by Crippen LogP contribution is -2.15. The molecule has 160 valence electrons. The van der Waals surface area contributed by atoms with Gasteiger partial charge in [-0.3, -0.25) is 4.98 Å². The number of pyridine rings is 1. The summed E-state index contributed by atoms with van der Waals surface area (Å²) in [6.07, 6.45) is 2.85. The van der Waals surface area contributed by atoms with Gasteiger partial charge in [-0.25, -0.2) is 0 Å². The monoisotopic (exact) mass is 419 g/mol. The van der Waals surface area contributed by atoms with Gasteiger partial charge in [0.1, 0.15) is 11.2 Å². The minimum atomic E-state index is 0.207. The first kappa shape index (κ1) is 20.5. The van der Waals surface area contributed by atoms with E-state index in [1.807, 2.05) is 6.20 Å². The van der Waals surface area contributed by atoms with Crippen molar-refractivity contribution in [2.45, 2.75) is 40.0 Å². The molecule has 0 aliphatic rings. The molecule has 2 aromatic heterocycles. The largest absolute Gasteiger partial charge is 0.456 e. The van der Waals surface area contributed by atoms with E-state index in [0.717, 1.165) is 39.6 Å². The molecule has 2 heterocycles. The molecule has 0 N–H and O–H groups in total. The Morgan fingerprint density at radius 3 is 2.25 bits per heavy atom. The maximum absolute atomic E-state index is 6.13. The van der Waals surface area contributed by atoms with Crippen molar-refractivity contribution in [2.24, 2.45) is 5.41 Å². The quantitative estimate of drug-likeness (QED) is 0.292. The van der Waals surface area contributed by atoms with Crippen molar-refractivity contribution in [3.8, 4) is 11.3 Å². The first-order valence-corrected chi connectivity index (χ1v) is 11.3. The van der Waals surface area contributed by atoms with Gasteiger partial charge in [-0.05, 0) is 76.9 Å². The molecule has 2 nitrogen and oxygen atoms in total. The molecule has 1 unspecified atom stereocenters. The van der Waals surface area contributed by atoms with Gasteiger partial charge in [0.15, 0.2) is 0 Å². The number of aromatic nitrogens is 1. The summed E-state index contributed by atoms with van der Waals surface area (Å²) in [7, 11) is 0. The van der Waals surface area contributed by atoms with Gasteiger partial charge < -0.3 is 4.42 Å². The number of fused-ring (bicyclic) bond motifs is 3. The lowest BCUT2D eigenvalue weighted by atomic mass is 9.78. The third-order valence-corrected chi connectivity index (χ3v) is 6.66.